The van der Waals surface area contributed by atoms with Crippen LogP contribution < -0.4 is 4.74 Å². The fourth-order valence-electron chi connectivity index (χ4n) is 4.23. The summed E-state index contributed by atoms with van der Waals surface area (Å²) < 4.78 is 46.9. The zero-order chi connectivity index (χ0) is 22.2. The van der Waals surface area contributed by atoms with Crippen molar-refractivity contribution in [3.8, 4) is 5.75 Å². The maximum Gasteiger partial charge on any atom is 0.433 e. The third-order valence-electron chi connectivity index (χ3n) is 5.76. The Morgan fingerprint density at radius 3 is 2.71 bits per heavy atom. The molecule has 9 heteroatoms. The normalized spacial score (nSPS) is 17.5. The molecule has 1 atom stereocenters. The van der Waals surface area contributed by atoms with E-state index >= 15 is 0 Å². The second kappa shape index (κ2) is 8.47. The lowest BCUT2D eigenvalue weighted by Gasteiger charge is -2.23. The van der Waals surface area contributed by atoms with Crippen molar-refractivity contribution in [1.29, 1.82) is 0 Å². The van der Waals surface area contributed by atoms with Gasteiger partial charge in [0.1, 0.15) is 11.4 Å². The number of likely N-dealkylation sites (tertiary alicyclic amines) is 1. The highest BCUT2D eigenvalue weighted by atomic mass is 19.4. The number of aliphatic hydroxyl groups is 1. The number of alkyl halides is 3. The van der Waals surface area contributed by atoms with E-state index in [-0.39, 0.29) is 18.3 Å². The summed E-state index contributed by atoms with van der Waals surface area (Å²) in [6, 6.07) is 8.31. The highest BCUT2D eigenvalue weighted by molar-refractivity contribution is 5.43. The summed E-state index contributed by atoms with van der Waals surface area (Å²) in [5.74, 6) is 0.627. The van der Waals surface area contributed by atoms with Crippen LogP contribution in [0.15, 0.2) is 30.3 Å². The van der Waals surface area contributed by atoms with Gasteiger partial charge in [-0.1, -0.05) is 13.0 Å². The Bertz CT molecular complexity index is 1080. The largest absolute Gasteiger partial charge is 0.496 e. The molecule has 166 valence electrons. The summed E-state index contributed by atoms with van der Waals surface area (Å²) in [6.07, 6.45) is -2.34. The first-order chi connectivity index (χ1) is 14.8. The van der Waals surface area contributed by atoms with Gasteiger partial charge in [-0.05, 0) is 49.6 Å². The monoisotopic (exact) mass is 434 g/mol. The summed E-state index contributed by atoms with van der Waals surface area (Å²) in [5.41, 5.74) is 2.12. The predicted octanol–water partition coefficient (Wildman–Crippen LogP) is 4.15. The van der Waals surface area contributed by atoms with Crippen molar-refractivity contribution in [2.45, 2.75) is 51.6 Å². The first kappa shape index (κ1) is 21.6. The van der Waals surface area contributed by atoms with E-state index in [1.54, 1.807) is 20.1 Å². The molecule has 0 radical (unpaired) electrons. The third-order valence-corrected chi connectivity index (χ3v) is 5.76. The number of halogens is 3. The zero-order valence-corrected chi connectivity index (χ0v) is 17.5. The van der Waals surface area contributed by atoms with Crippen LogP contribution in [0.5, 0.6) is 5.75 Å². The SMILES string of the molecule is CCc1cc(C(F)(F)F)n2nc([C@@H]3CCCN3Cc3ccc(OC)c(CO)c3)cc2n1. The molecule has 0 spiro atoms. The van der Waals surface area contributed by atoms with Gasteiger partial charge < -0.3 is 9.84 Å². The van der Waals surface area contributed by atoms with Crippen molar-refractivity contribution in [1.82, 2.24) is 19.5 Å². The molecule has 4 rings (SSSR count). The van der Waals surface area contributed by atoms with Crippen molar-refractivity contribution >= 4 is 5.65 Å². The van der Waals surface area contributed by atoms with Gasteiger partial charge >= 0.3 is 6.18 Å². The Kier molecular flexibility index (Phi) is 5.90. The highest BCUT2D eigenvalue weighted by Crippen LogP contribution is 2.35. The molecule has 0 unspecified atom stereocenters. The molecule has 1 aliphatic rings. The number of hydrogen-bond donors (Lipinski definition) is 1. The van der Waals surface area contributed by atoms with Crippen molar-refractivity contribution in [3.63, 3.8) is 0 Å². The topological polar surface area (TPSA) is 62.9 Å². The maximum atomic E-state index is 13.6. The molecule has 3 aromatic rings. The minimum Gasteiger partial charge on any atom is -0.496 e. The van der Waals surface area contributed by atoms with Crippen LogP contribution in [-0.4, -0.2) is 38.3 Å². The molecule has 0 aliphatic carbocycles. The van der Waals surface area contributed by atoms with E-state index < -0.39 is 11.9 Å². The van der Waals surface area contributed by atoms with E-state index in [0.717, 1.165) is 35.5 Å². The summed E-state index contributed by atoms with van der Waals surface area (Å²) in [7, 11) is 1.56. The van der Waals surface area contributed by atoms with Crippen LogP contribution in [0, 0.1) is 0 Å². The van der Waals surface area contributed by atoms with E-state index in [0.29, 0.717) is 35.7 Å². The van der Waals surface area contributed by atoms with Crippen molar-refractivity contribution in [2.75, 3.05) is 13.7 Å². The molecule has 1 aromatic carbocycles. The van der Waals surface area contributed by atoms with Gasteiger partial charge in [0.05, 0.1) is 25.5 Å². The van der Waals surface area contributed by atoms with Gasteiger partial charge in [0, 0.05) is 23.9 Å². The Morgan fingerprint density at radius 1 is 1.23 bits per heavy atom. The van der Waals surface area contributed by atoms with Crippen LogP contribution in [0.3, 0.4) is 0 Å². The van der Waals surface area contributed by atoms with Gasteiger partial charge in [0.25, 0.3) is 0 Å². The number of fused-ring (bicyclic) bond motifs is 1. The van der Waals surface area contributed by atoms with E-state index in [1.807, 2.05) is 18.2 Å². The fraction of sp³-hybridized carbons (Fsp3) is 0.455. The summed E-state index contributed by atoms with van der Waals surface area (Å²) >= 11 is 0. The Balaban J connectivity index is 1.66. The number of methoxy groups -OCH3 is 1. The maximum absolute atomic E-state index is 13.6. The molecule has 0 bridgehead atoms. The van der Waals surface area contributed by atoms with E-state index in [2.05, 4.69) is 15.0 Å². The molecule has 1 aliphatic heterocycles. The first-order valence-electron chi connectivity index (χ1n) is 10.3. The van der Waals surface area contributed by atoms with Gasteiger partial charge in [-0.25, -0.2) is 9.50 Å². The number of nitrogens with zero attached hydrogens (tertiary/aromatic N) is 4. The van der Waals surface area contributed by atoms with Gasteiger partial charge in [-0.2, -0.15) is 18.3 Å². The molecular weight excluding hydrogens is 409 g/mol. The Labute approximate surface area is 178 Å². The summed E-state index contributed by atoms with van der Waals surface area (Å²) in [6.45, 7) is 3.08. The molecule has 1 N–H and O–H groups in total. The molecule has 2 aromatic heterocycles. The van der Waals surface area contributed by atoms with Gasteiger partial charge in [-0.15, -0.1) is 0 Å². The zero-order valence-electron chi connectivity index (χ0n) is 17.5. The molecule has 6 nitrogen and oxygen atoms in total. The molecule has 0 saturated carbocycles. The lowest BCUT2D eigenvalue weighted by atomic mass is 10.1. The number of hydrogen-bond acceptors (Lipinski definition) is 5. The minimum absolute atomic E-state index is 0.0902. The molecule has 31 heavy (non-hydrogen) atoms. The van der Waals surface area contributed by atoms with E-state index in [9.17, 15) is 18.3 Å². The smallest absolute Gasteiger partial charge is 0.433 e. The number of aryl methyl sites for hydroxylation is 1. The van der Waals surface area contributed by atoms with Gasteiger partial charge in [0.2, 0.25) is 0 Å². The number of rotatable bonds is 6. The van der Waals surface area contributed by atoms with Gasteiger partial charge in [0.15, 0.2) is 5.65 Å². The van der Waals surface area contributed by atoms with Crippen LogP contribution in [-0.2, 0) is 25.7 Å². The first-order valence-corrected chi connectivity index (χ1v) is 10.3. The second-order valence-electron chi connectivity index (χ2n) is 7.76. The van der Waals surface area contributed by atoms with Crippen molar-refractivity contribution in [3.05, 3.63) is 58.5 Å². The van der Waals surface area contributed by atoms with Crippen LogP contribution >= 0.6 is 0 Å². The number of ether oxygens (including phenoxy) is 1. The highest BCUT2D eigenvalue weighted by Gasteiger charge is 2.36. The molecule has 1 saturated heterocycles. The van der Waals surface area contributed by atoms with Crippen molar-refractivity contribution in [2.24, 2.45) is 0 Å². The van der Waals surface area contributed by atoms with Crippen LogP contribution in [0.1, 0.15) is 54.0 Å². The van der Waals surface area contributed by atoms with E-state index in [4.69, 9.17) is 4.74 Å². The summed E-state index contributed by atoms with van der Waals surface area (Å²) in [5, 5.41) is 13.9. The average molecular weight is 434 g/mol. The van der Waals surface area contributed by atoms with Crippen LogP contribution in [0.25, 0.3) is 5.65 Å². The average Bonchev–Trinajstić information content (AvgIpc) is 3.38. The molecular formula is C22H25F3N4O2. The number of aliphatic hydroxyl groups excluding tert-OH is 1. The van der Waals surface area contributed by atoms with Gasteiger partial charge in [-0.3, -0.25) is 4.90 Å². The number of aromatic nitrogens is 3. The number of benzene rings is 1. The van der Waals surface area contributed by atoms with Crippen LogP contribution in [0.2, 0.25) is 0 Å². The van der Waals surface area contributed by atoms with Crippen molar-refractivity contribution < 1.29 is 23.0 Å². The fourth-order valence-corrected chi connectivity index (χ4v) is 4.23. The third kappa shape index (κ3) is 4.24. The Morgan fingerprint density at radius 2 is 2.03 bits per heavy atom. The standard InChI is InChI=1S/C22H25F3N4O2/c1-3-16-10-20(22(23,24)25)29-21(26-16)11-17(27-29)18-5-4-8-28(18)12-14-6-7-19(31-2)15(9-14)13-30/h6-7,9-11,18,30H,3-5,8,12-13H2,1-2H3/t18-/m0/s1. The molecule has 0 amide bonds. The van der Waals surface area contributed by atoms with E-state index in [1.165, 1.54) is 0 Å². The predicted molar refractivity (Wildman–Crippen MR) is 109 cm³/mol. The Hall–Kier alpha value is -2.65. The lowest BCUT2D eigenvalue weighted by molar-refractivity contribution is -0.142. The molecule has 3 heterocycles. The lowest BCUT2D eigenvalue weighted by Crippen LogP contribution is -2.23. The quantitative estimate of drug-likeness (QED) is 0.632. The van der Waals surface area contributed by atoms with Crippen LogP contribution in [0.4, 0.5) is 13.2 Å². The molecule has 1 fully saturated rings. The minimum atomic E-state index is -4.51. The summed E-state index contributed by atoms with van der Waals surface area (Å²) in [4.78, 5) is 6.56. The second-order valence-corrected chi connectivity index (χ2v) is 7.76.